The number of carbonyl (C=O) groups is 2. The van der Waals surface area contributed by atoms with Gasteiger partial charge in [-0.3, -0.25) is 4.79 Å². The van der Waals surface area contributed by atoms with E-state index in [1.807, 2.05) is 12.1 Å². The van der Waals surface area contributed by atoms with Crippen LogP contribution in [0.2, 0.25) is 0 Å². The van der Waals surface area contributed by atoms with Gasteiger partial charge in [-0.2, -0.15) is 0 Å². The van der Waals surface area contributed by atoms with E-state index in [4.69, 9.17) is 0 Å². The van der Waals surface area contributed by atoms with E-state index in [0.29, 0.717) is 12.8 Å². The Labute approximate surface area is 130 Å². The Hall–Kier alpha value is -1.84. The number of carboxylic acid groups (broad SMARTS) is 1. The van der Waals surface area contributed by atoms with E-state index in [-0.39, 0.29) is 5.91 Å². The maximum atomic E-state index is 12.6. The molecule has 0 radical (unpaired) electrons. The number of anilines is 1. The molecule has 0 saturated heterocycles. The van der Waals surface area contributed by atoms with Crippen LogP contribution in [0.15, 0.2) is 18.2 Å². The predicted molar refractivity (Wildman–Crippen MR) is 82.2 cm³/mol. The van der Waals surface area contributed by atoms with Crippen molar-refractivity contribution in [3.63, 3.8) is 0 Å². The Morgan fingerprint density at radius 3 is 2.50 bits per heavy atom. The minimum absolute atomic E-state index is 0.159. The molecule has 1 aromatic carbocycles. The van der Waals surface area contributed by atoms with Crippen molar-refractivity contribution in [2.24, 2.45) is 11.8 Å². The first kappa shape index (κ1) is 15.1. The van der Waals surface area contributed by atoms with Crippen molar-refractivity contribution in [3.05, 3.63) is 29.3 Å². The van der Waals surface area contributed by atoms with Crippen molar-refractivity contribution < 1.29 is 14.7 Å². The standard InChI is InChI=1S/C18H23NO3/c20-17(14-9-3-4-10-15(14)18(21)22)19-16-11-5-7-12-6-1-2-8-13(12)16/h5,7,11,14-15H,1-4,6,8-10H2,(H,19,20)(H,21,22)/p-1/t14-,15+/m1/s1. The summed E-state index contributed by atoms with van der Waals surface area (Å²) in [6, 6.07) is 6.02. The van der Waals surface area contributed by atoms with Crippen molar-refractivity contribution in [1.82, 2.24) is 0 Å². The number of hydrogen-bond acceptors (Lipinski definition) is 3. The highest BCUT2D eigenvalue weighted by molar-refractivity contribution is 5.95. The van der Waals surface area contributed by atoms with Crippen molar-refractivity contribution in [1.29, 1.82) is 0 Å². The zero-order valence-corrected chi connectivity index (χ0v) is 12.8. The Morgan fingerprint density at radius 1 is 1.00 bits per heavy atom. The van der Waals surface area contributed by atoms with Crippen molar-refractivity contribution in [2.75, 3.05) is 5.32 Å². The summed E-state index contributed by atoms with van der Waals surface area (Å²) in [5.74, 6) is -2.35. The number of amides is 1. The molecule has 4 heteroatoms. The summed E-state index contributed by atoms with van der Waals surface area (Å²) in [6.07, 6.45) is 7.35. The molecule has 1 fully saturated rings. The Balaban J connectivity index is 1.78. The highest BCUT2D eigenvalue weighted by Crippen LogP contribution is 2.32. The summed E-state index contributed by atoms with van der Waals surface area (Å²) in [7, 11) is 0. The minimum atomic E-state index is -1.09. The molecular weight excluding hydrogens is 278 g/mol. The average molecular weight is 300 g/mol. The van der Waals surface area contributed by atoms with Crippen LogP contribution in [-0.4, -0.2) is 11.9 Å². The zero-order chi connectivity index (χ0) is 15.5. The number of benzene rings is 1. The normalized spacial score (nSPS) is 24.4. The van der Waals surface area contributed by atoms with Gasteiger partial charge in [0.2, 0.25) is 5.91 Å². The second-order valence-corrected chi connectivity index (χ2v) is 6.46. The highest BCUT2D eigenvalue weighted by Gasteiger charge is 2.32. The number of hydrogen-bond donors (Lipinski definition) is 1. The van der Waals surface area contributed by atoms with Gasteiger partial charge < -0.3 is 15.2 Å². The molecule has 22 heavy (non-hydrogen) atoms. The molecule has 0 bridgehead atoms. The van der Waals surface area contributed by atoms with Gasteiger partial charge >= 0.3 is 0 Å². The van der Waals surface area contributed by atoms with E-state index < -0.39 is 17.8 Å². The molecule has 0 spiro atoms. The summed E-state index contributed by atoms with van der Waals surface area (Å²) < 4.78 is 0. The Kier molecular flexibility index (Phi) is 4.46. The monoisotopic (exact) mass is 300 g/mol. The summed E-state index contributed by atoms with van der Waals surface area (Å²) >= 11 is 0. The molecule has 0 aromatic heterocycles. The third-order valence-electron chi connectivity index (χ3n) is 5.06. The van der Waals surface area contributed by atoms with Crippen LogP contribution in [0.25, 0.3) is 0 Å². The molecule has 0 unspecified atom stereocenters. The number of fused-ring (bicyclic) bond motifs is 1. The Morgan fingerprint density at radius 2 is 1.73 bits per heavy atom. The predicted octanol–water partition coefficient (Wildman–Crippen LogP) is 2.06. The van der Waals surface area contributed by atoms with E-state index in [0.717, 1.165) is 37.8 Å². The smallest absolute Gasteiger partial charge is 0.228 e. The molecule has 1 amide bonds. The number of aryl methyl sites for hydroxylation is 1. The lowest BCUT2D eigenvalue weighted by Crippen LogP contribution is -2.42. The zero-order valence-electron chi connectivity index (χ0n) is 12.8. The van der Waals surface area contributed by atoms with E-state index in [9.17, 15) is 14.7 Å². The first-order valence-corrected chi connectivity index (χ1v) is 8.29. The van der Waals surface area contributed by atoms with Gasteiger partial charge in [-0.05, 0) is 55.7 Å². The van der Waals surface area contributed by atoms with Crippen LogP contribution < -0.4 is 10.4 Å². The SMILES string of the molecule is O=C([O-])[C@H]1CCCC[C@H]1C(=O)Nc1cccc2c1CCCC2. The lowest BCUT2D eigenvalue weighted by Gasteiger charge is -2.31. The summed E-state index contributed by atoms with van der Waals surface area (Å²) in [5.41, 5.74) is 3.40. The van der Waals surface area contributed by atoms with Gasteiger partial charge in [-0.15, -0.1) is 0 Å². The van der Waals surface area contributed by atoms with Gasteiger partial charge in [-0.25, -0.2) is 0 Å². The van der Waals surface area contributed by atoms with Crippen molar-refractivity contribution in [2.45, 2.75) is 51.4 Å². The van der Waals surface area contributed by atoms with Crippen LogP contribution in [-0.2, 0) is 22.4 Å². The van der Waals surface area contributed by atoms with E-state index in [1.54, 1.807) is 0 Å². The van der Waals surface area contributed by atoms with Gasteiger partial charge in [0, 0.05) is 23.5 Å². The molecule has 2 aliphatic carbocycles. The van der Waals surface area contributed by atoms with Gasteiger partial charge in [0.05, 0.1) is 0 Å². The lowest BCUT2D eigenvalue weighted by atomic mass is 9.78. The molecule has 1 N–H and O–H groups in total. The van der Waals surface area contributed by atoms with Gasteiger partial charge in [-0.1, -0.05) is 25.0 Å². The van der Waals surface area contributed by atoms with Crippen molar-refractivity contribution >= 4 is 17.6 Å². The number of carbonyl (C=O) groups excluding carboxylic acids is 2. The second kappa shape index (κ2) is 6.51. The van der Waals surface area contributed by atoms with Crippen LogP contribution in [0.1, 0.15) is 49.7 Å². The molecule has 4 nitrogen and oxygen atoms in total. The fourth-order valence-corrected chi connectivity index (χ4v) is 3.85. The molecule has 3 rings (SSSR count). The maximum absolute atomic E-state index is 12.6. The number of aliphatic carboxylic acids is 1. The van der Waals surface area contributed by atoms with Gasteiger partial charge in [0.25, 0.3) is 0 Å². The molecule has 1 aromatic rings. The fraction of sp³-hybridized carbons (Fsp3) is 0.556. The molecule has 0 aliphatic heterocycles. The quantitative estimate of drug-likeness (QED) is 0.929. The molecule has 0 heterocycles. The highest BCUT2D eigenvalue weighted by atomic mass is 16.4. The third kappa shape index (κ3) is 3.01. The average Bonchev–Trinajstić information content (AvgIpc) is 2.55. The van der Waals surface area contributed by atoms with Crippen LogP contribution in [0.3, 0.4) is 0 Å². The summed E-state index contributed by atoms with van der Waals surface area (Å²) in [4.78, 5) is 23.8. The number of nitrogens with one attached hydrogen (secondary N) is 1. The van der Waals surface area contributed by atoms with E-state index in [1.165, 1.54) is 17.5 Å². The minimum Gasteiger partial charge on any atom is -0.550 e. The third-order valence-corrected chi connectivity index (χ3v) is 5.06. The van der Waals surface area contributed by atoms with Crippen LogP contribution >= 0.6 is 0 Å². The second-order valence-electron chi connectivity index (χ2n) is 6.46. The fourth-order valence-electron chi connectivity index (χ4n) is 3.85. The van der Waals surface area contributed by atoms with Gasteiger partial charge in [0.15, 0.2) is 0 Å². The summed E-state index contributed by atoms with van der Waals surface area (Å²) in [5, 5.41) is 14.3. The first-order chi connectivity index (χ1) is 10.7. The molecule has 2 atom stereocenters. The first-order valence-electron chi connectivity index (χ1n) is 8.29. The van der Waals surface area contributed by atoms with Gasteiger partial charge in [0.1, 0.15) is 0 Å². The molecule has 2 aliphatic rings. The van der Waals surface area contributed by atoms with E-state index in [2.05, 4.69) is 11.4 Å². The molecule has 118 valence electrons. The van der Waals surface area contributed by atoms with Crippen molar-refractivity contribution in [3.8, 4) is 0 Å². The lowest BCUT2D eigenvalue weighted by molar-refractivity contribution is -0.313. The number of carboxylic acids is 1. The largest absolute Gasteiger partial charge is 0.550 e. The number of rotatable bonds is 3. The molecular formula is C18H22NO3-. The Bertz CT molecular complexity index is 582. The summed E-state index contributed by atoms with van der Waals surface area (Å²) in [6.45, 7) is 0. The van der Waals surface area contributed by atoms with Crippen LogP contribution in [0, 0.1) is 11.8 Å². The molecule has 1 saturated carbocycles. The van der Waals surface area contributed by atoms with Crippen LogP contribution in [0.4, 0.5) is 5.69 Å². The maximum Gasteiger partial charge on any atom is 0.228 e. The van der Waals surface area contributed by atoms with E-state index >= 15 is 0 Å². The topological polar surface area (TPSA) is 69.2 Å². The van der Waals surface area contributed by atoms with Crippen LogP contribution in [0.5, 0.6) is 0 Å².